The van der Waals surface area contributed by atoms with Crippen molar-refractivity contribution >= 4 is 33.2 Å². The van der Waals surface area contributed by atoms with Crippen LogP contribution in [0.3, 0.4) is 0 Å². The summed E-state index contributed by atoms with van der Waals surface area (Å²) in [5.74, 6) is -0.0608. The molecule has 0 bridgehead atoms. The van der Waals surface area contributed by atoms with Crippen LogP contribution in [0.25, 0.3) is 44.7 Å². The SMILES string of the molecule is O=c1oc(-c2cccc([N+](=O)[O-])c2)nc2ccc(Cc3ccc4nc(-c5cccc([N+](=O)[O-])c5)oc(=O)c4c3)cc12. The van der Waals surface area contributed by atoms with Gasteiger partial charge in [0.05, 0.1) is 31.7 Å². The monoisotopic (exact) mass is 548 g/mol. The van der Waals surface area contributed by atoms with Gasteiger partial charge in [0.2, 0.25) is 11.8 Å². The minimum absolute atomic E-state index is 0.0304. The molecule has 0 saturated carbocycles. The van der Waals surface area contributed by atoms with Gasteiger partial charge in [-0.05, 0) is 53.9 Å². The van der Waals surface area contributed by atoms with Crippen LogP contribution in [-0.4, -0.2) is 19.8 Å². The lowest BCUT2D eigenvalue weighted by Gasteiger charge is -2.07. The molecule has 4 aromatic carbocycles. The molecule has 0 N–H and O–H groups in total. The summed E-state index contributed by atoms with van der Waals surface area (Å²) in [5, 5.41) is 22.7. The van der Waals surface area contributed by atoms with Crippen molar-refractivity contribution in [3.8, 4) is 22.9 Å². The molecule has 0 amide bonds. The zero-order valence-electron chi connectivity index (χ0n) is 20.8. The van der Waals surface area contributed by atoms with Crippen molar-refractivity contribution in [2.45, 2.75) is 6.42 Å². The fourth-order valence-electron chi connectivity index (χ4n) is 4.45. The van der Waals surface area contributed by atoms with Crippen LogP contribution in [0.15, 0.2) is 103 Å². The number of nitrogens with zero attached hydrogens (tertiary/aromatic N) is 4. The van der Waals surface area contributed by atoms with Gasteiger partial charge in [-0.15, -0.1) is 0 Å². The maximum atomic E-state index is 12.8. The van der Waals surface area contributed by atoms with Crippen LogP contribution in [0.5, 0.6) is 0 Å². The van der Waals surface area contributed by atoms with Gasteiger partial charge in [0.15, 0.2) is 0 Å². The third kappa shape index (κ3) is 4.92. The fourth-order valence-corrected chi connectivity index (χ4v) is 4.45. The molecule has 0 aliphatic heterocycles. The number of aromatic nitrogens is 2. The Balaban J connectivity index is 1.31. The third-order valence-corrected chi connectivity index (χ3v) is 6.40. The lowest BCUT2D eigenvalue weighted by Crippen LogP contribution is -2.05. The highest BCUT2D eigenvalue weighted by atomic mass is 16.6. The summed E-state index contributed by atoms with van der Waals surface area (Å²) in [6.07, 6.45) is 0.365. The number of benzene rings is 4. The van der Waals surface area contributed by atoms with E-state index in [1.54, 1.807) is 48.5 Å². The van der Waals surface area contributed by atoms with Crippen molar-refractivity contribution in [2.75, 3.05) is 0 Å². The smallest absolute Gasteiger partial charge is 0.347 e. The largest absolute Gasteiger partial charge is 0.403 e. The molecule has 0 unspecified atom stereocenters. The summed E-state index contributed by atoms with van der Waals surface area (Å²) in [6.45, 7) is 0. The molecular weight excluding hydrogens is 532 g/mol. The first kappa shape index (κ1) is 25.2. The van der Waals surface area contributed by atoms with Crippen molar-refractivity contribution in [1.82, 2.24) is 9.97 Å². The van der Waals surface area contributed by atoms with Crippen LogP contribution in [0.2, 0.25) is 0 Å². The number of hydrogen-bond acceptors (Lipinski definition) is 10. The Kier molecular flexibility index (Phi) is 6.11. The highest BCUT2D eigenvalue weighted by molar-refractivity contribution is 5.81. The molecule has 0 aliphatic carbocycles. The number of hydrogen-bond donors (Lipinski definition) is 0. The quantitative estimate of drug-likeness (QED) is 0.193. The van der Waals surface area contributed by atoms with Gasteiger partial charge in [0, 0.05) is 35.4 Å². The molecule has 0 spiro atoms. The van der Waals surface area contributed by atoms with E-state index in [9.17, 15) is 29.8 Å². The van der Waals surface area contributed by atoms with Crippen molar-refractivity contribution in [3.63, 3.8) is 0 Å². The summed E-state index contributed by atoms with van der Waals surface area (Å²) < 4.78 is 10.7. The zero-order valence-corrected chi connectivity index (χ0v) is 20.8. The first-order valence-corrected chi connectivity index (χ1v) is 12.1. The molecule has 0 atom stereocenters. The van der Waals surface area contributed by atoms with E-state index in [0.717, 1.165) is 11.1 Å². The predicted molar refractivity (Wildman–Crippen MR) is 148 cm³/mol. The Labute approximate surface area is 228 Å². The second-order valence-electron chi connectivity index (χ2n) is 9.11. The lowest BCUT2D eigenvalue weighted by molar-refractivity contribution is -0.385. The summed E-state index contributed by atoms with van der Waals surface area (Å²) in [7, 11) is 0. The van der Waals surface area contributed by atoms with Gasteiger partial charge in [0.25, 0.3) is 11.4 Å². The minimum Gasteiger partial charge on any atom is -0.403 e. The summed E-state index contributed by atoms with van der Waals surface area (Å²) in [4.78, 5) is 55.4. The number of non-ortho nitro benzene ring substituents is 2. The maximum absolute atomic E-state index is 12.8. The standard InChI is InChI=1S/C29H16N4O8/c34-28-22-12-16(7-9-24(22)30-26(40-28)18-3-1-5-20(14-18)32(36)37)11-17-8-10-25-23(13-17)29(35)41-27(31-25)19-4-2-6-21(15-19)33(38)39/h1-10,12-15H,11H2. The van der Waals surface area contributed by atoms with Crippen LogP contribution in [-0.2, 0) is 6.42 Å². The van der Waals surface area contributed by atoms with Crippen molar-refractivity contribution in [3.05, 3.63) is 137 Å². The van der Waals surface area contributed by atoms with Crippen molar-refractivity contribution in [2.24, 2.45) is 0 Å². The van der Waals surface area contributed by atoms with Crippen molar-refractivity contribution < 1.29 is 18.7 Å². The molecule has 2 aromatic heterocycles. The van der Waals surface area contributed by atoms with Crippen molar-refractivity contribution in [1.29, 1.82) is 0 Å². The van der Waals surface area contributed by atoms with Crippen LogP contribution >= 0.6 is 0 Å². The Morgan fingerprint density at radius 3 is 1.46 bits per heavy atom. The van der Waals surface area contributed by atoms with E-state index < -0.39 is 21.1 Å². The fraction of sp³-hybridized carbons (Fsp3) is 0.0345. The van der Waals surface area contributed by atoms with E-state index >= 15 is 0 Å². The molecule has 12 heteroatoms. The van der Waals surface area contributed by atoms with Crippen LogP contribution in [0.4, 0.5) is 11.4 Å². The Bertz CT molecular complexity index is 2000. The molecule has 0 fully saturated rings. The number of fused-ring (bicyclic) bond motifs is 2. The summed E-state index contributed by atoms with van der Waals surface area (Å²) in [6, 6.07) is 21.5. The molecule has 41 heavy (non-hydrogen) atoms. The van der Waals surface area contributed by atoms with Gasteiger partial charge in [-0.2, -0.15) is 0 Å². The van der Waals surface area contributed by atoms with Gasteiger partial charge in [0.1, 0.15) is 0 Å². The maximum Gasteiger partial charge on any atom is 0.347 e. The second-order valence-corrected chi connectivity index (χ2v) is 9.11. The van der Waals surface area contributed by atoms with Gasteiger partial charge < -0.3 is 8.83 Å². The average molecular weight is 548 g/mol. The normalized spacial score (nSPS) is 11.1. The van der Waals surface area contributed by atoms with Gasteiger partial charge in [-0.3, -0.25) is 20.2 Å². The van der Waals surface area contributed by atoms with Gasteiger partial charge in [-0.1, -0.05) is 24.3 Å². The average Bonchev–Trinajstić information content (AvgIpc) is 2.97. The molecule has 2 heterocycles. The van der Waals surface area contributed by atoms with E-state index in [0.29, 0.717) is 28.6 Å². The molecule has 0 aliphatic rings. The van der Waals surface area contributed by atoms with E-state index in [-0.39, 0.29) is 33.9 Å². The minimum atomic E-state index is -0.643. The van der Waals surface area contributed by atoms with Crippen LogP contribution in [0, 0.1) is 20.2 Å². The molecule has 12 nitrogen and oxygen atoms in total. The summed E-state index contributed by atoms with van der Waals surface area (Å²) >= 11 is 0. The van der Waals surface area contributed by atoms with E-state index in [1.165, 1.54) is 36.4 Å². The van der Waals surface area contributed by atoms with E-state index in [2.05, 4.69) is 9.97 Å². The molecule has 6 aromatic rings. The third-order valence-electron chi connectivity index (χ3n) is 6.40. The molecule has 0 radical (unpaired) electrons. The van der Waals surface area contributed by atoms with Crippen LogP contribution in [0.1, 0.15) is 11.1 Å². The molecule has 0 saturated heterocycles. The first-order valence-electron chi connectivity index (χ1n) is 12.1. The summed E-state index contributed by atoms with van der Waals surface area (Å²) in [5.41, 5.74) is 1.25. The second kappa shape index (κ2) is 9.93. The highest BCUT2D eigenvalue weighted by Gasteiger charge is 2.15. The molecular formula is C29H16N4O8. The lowest BCUT2D eigenvalue weighted by atomic mass is 10.0. The number of nitro groups is 2. The molecule has 6 rings (SSSR count). The Morgan fingerprint density at radius 2 is 1.05 bits per heavy atom. The van der Waals surface area contributed by atoms with Gasteiger partial charge >= 0.3 is 11.3 Å². The predicted octanol–water partition coefficient (Wildman–Crippen LogP) is 5.43. The van der Waals surface area contributed by atoms with Gasteiger partial charge in [-0.25, -0.2) is 19.6 Å². The molecule has 200 valence electrons. The Hall–Kier alpha value is -6.04. The number of rotatable bonds is 6. The highest BCUT2D eigenvalue weighted by Crippen LogP contribution is 2.26. The van der Waals surface area contributed by atoms with Crippen LogP contribution < -0.4 is 11.3 Å². The number of nitro benzene ring substituents is 2. The van der Waals surface area contributed by atoms with E-state index in [4.69, 9.17) is 8.83 Å². The zero-order chi connectivity index (χ0) is 28.7. The topological polar surface area (TPSA) is 172 Å². The first-order chi connectivity index (χ1) is 19.7. The Morgan fingerprint density at radius 1 is 0.610 bits per heavy atom. The van der Waals surface area contributed by atoms with E-state index in [1.807, 2.05) is 0 Å².